The van der Waals surface area contributed by atoms with Gasteiger partial charge in [0.05, 0.1) is 12.6 Å². The number of amides is 1. The van der Waals surface area contributed by atoms with Crippen LogP contribution in [0.15, 0.2) is 10.5 Å². The summed E-state index contributed by atoms with van der Waals surface area (Å²) in [5, 5.41) is 6.38. The number of hydrogen-bond acceptors (Lipinski definition) is 3. The van der Waals surface area contributed by atoms with E-state index in [-0.39, 0.29) is 22.9 Å². The van der Waals surface area contributed by atoms with E-state index in [1.54, 1.807) is 0 Å². The summed E-state index contributed by atoms with van der Waals surface area (Å²) in [5.41, 5.74) is 1.24. The molecule has 0 radical (unpaired) electrons. The van der Waals surface area contributed by atoms with Crippen molar-refractivity contribution in [3.8, 4) is 0 Å². The number of fused-ring (bicyclic) bond motifs is 1. The molecule has 0 saturated heterocycles. The lowest BCUT2D eigenvalue weighted by molar-refractivity contribution is -0.121. The molecular weight excluding hydrogens is 264 g/mol. The fourth-order valence-electron chi connectivity index (χ4n) is 2.90. The van der Waals surface area contributed by atoms with Gasteiger partial charge in [0, 0.05) is 17.5 Å². The van der Waals surface area contributed by atoms with Gasteiger partial charge in [0.2, 0.25) is 5.91 Å². The van der Waals surface area contributed by atoms with Crippen LogP contribution in [0.4, 0.5) is 0 Å². The molecule has 2 N–H and O–H groups in total. The van der Waals surface area contributed by atoms with Crippen molar-refractivity contribution in [2.45, 2.75) is 66.0 Å². The zero-order valence-electron chi connectivity index (χ0n) is 14.1. The zero-order chi connectivity index (χ0) is 15.8. The molecule has 0 saturated carbocycles. The Morgan fingerprint density at radius 3 is 2.71 bits per heavy atom. The summed E-state index contributed by atoms with van der Waals surface area (Å²) in [6, 6.07) is 2.11. The van der Waals surface area contributed by atoms with Crippen molar-refractivity contribution in [3.63, 3.8) is 0 Å². The standard InChI is InChI=1S/C17H28N2O2/c1-11-7-12-13(8-17(5,6)9-14(12)21-11)19-15(20)10-18-16(2,3)4/h7,13,18H,8-10H2,1-6H3,(H,19,20). The number of hydrogen-bond donors (Lipinski definition) is 2. The van der Waals surface area contributed by atoms with E-state index in [0.29, 0.717) is 6.54 Å². The fourth-order valence-corrected chi connectivity index (χ4v) is 2.90. The van der Waals surface area contributed by atoms with Gasteiger partial charge in [-0.05, 0) is 45.6 Å². The van der Waals surface area contributed by atoms with E-state index in [1.807, 2.05) is 6.92 Å². The lowest BCUT2D eigenvalue weighted by atomic mass is 9.74. The summed E-state index contributed by atoms with van der Waals surface area (Å²) in [5.74, 6) is 1.99. The van der Waals surface area contributed by atoms with E-state index >= 15 is 0 Å². The Balaban J connectivity index is 2.07. The largest absolute Gasteiger partial charge is 0.466 e. The van der Waals surface area contributed by atoms with Crippen LogP contribution in [0.3, 0.4) is 0 Å². The third-order valence-electron chi connectivity index (χ3n) is 3.85. The summed E-state index contributed by atoms with van der Waals surface area (Å²) >= 11 is 0. The molecule has 1 heterocycles. The summed E-state index contributed by atoms with van der Waals surface area (Å²) in [6.07, 6.45) is 1.88. The van der Waals surface area contributed by atoms with Gasteiger partial charge in [0.15, 0.2) is 0 Å². The SMILES string of the molecule is Cc1cc2c(o1)CC(C)(C)CC2NC(=O)CNC(C)(C)C. The van der Waals surface area contributed by atoms with Crippen molar-refractivity contribution < 1.29 is 9.21 Å². The van der Waals surface area contributed by atoms with E-state index in [2.05, 4.69) is 51.3 Å². The molecule has 1 unspecified atom stereocenters. The van der Waals surface area contributed by atoms with Crippen LogP contribution in [0.5, 0.6) is 0 Å². The maximum atomic E-state index is 12.2. The second-order valence-electron chi connectivity index (χ2n) is 8.00. The lowest BCUT2D eigenvalue weighted by Gasteiger charge is -2.35. The number of carbonyl (C=O) groups excluding carboxylic acids is 1. The predicted octanol–water partition coefficient (Wildman–Crippen LogP) is 3.11. The van der Waals surface area contributed by atoms with E-state index in [1.165, 1.54) is 0 Å². The zero-order valence-corrected chi connectivity index (χ0v) is 14.1. The van der Waals surface area contributed by atoms with Gasteiger partial charge in [0.1, 0.15) is 11.5 Å². The fraction of sp³-hybridized carbons (Fsp3) is 0.706. The van der Waals surface area contributed by atoms with Gasteiger partial charge in [-0.3, -0.25) is 4.79 Å². The van der Waals surface area contributed by atoms with Gasteiger partial charge in [-0.2, -0.15) is 0 Å². The van der Waals surface area contributed by atoms with Crippen molar-refractivity contribution in [1.82, 2.24) is 10.6 Å². The average Bonchev–Trinajstić information content (AvgIpc) is 2.64. The van der Waals surface area contributed by atoms with Crippen LogP contribution in [0.1, 0.15) is 64.2 Å². The van der Waals surface area contributed by atoms with E-state index in [0.717, 1.165) is 29.9 Å². The molecule has 21 heavy (non-hydrogen) atoms. The summed E-state index contributed by atoms with van der Waals surface area (Å²) in [6.45, 7) is 12.9. The van der Waals surface area contributed by atoms with Crippen LogP contribution in [0.2, 0.25) is 0 Å². The van der Waals surface area contributed by atoms with Crippen molar-refractivity contribution >= 4 is 5.91 Å². The number of aryl methyl sites for hydroxylation is 1. The maximum absolute atomic E-state index is 12.2. The topological polar surface area (TPSA) is 54.3 Å². The van der Waals surface area contributed by atoms with Crippen LogP contribution >= 0.6 is 0 Å². The Hall–Kier alpha value is -1.29. The molecule has 118 valence electrons. The highest BCUT2D eigenvalue weighted by Gasteiger charge is 2.35. The first kappa shape index (κ1) is 16.1. The first-order valence-electron chi connectivity index (χ1n) is 7.69. The smallest absolute Gasteiger partial charge is 0.234 e. The molecule has 1 atom stereocenters. The predicted molar refractivity (Wildman–Crippen MR) is 84.2 cm³/mol. The molecule has 4 nitrogen and oxygen atoms in total. The molecule has 1 aromatic rings. The quantitative estimate of drug-likeness (QED) is 0.900. The molecule has 0 aliphatic heterocycles. The molecule has 1 aliphatic carbocycles. The first-order valence-corrected chi connectivity index (χ1v) is 7.69. The van der Waals surface area contributed by atoms with Crippen LogP contribution in [0.25, 0.3) is 0 Å². The minimum Gasteiger partial charge on any atom is -0.466 e. The van der Waals surface area contributed by atoms with Gasteiger partial charge in [-0.15, -0.1) is 0 Å². The van der Waals surface area contributed by atoms with Crippen molar-refractivity contribution in [3.05, 3.63) is 23.2 Å². The van der Waals surface area contributed by atoms with Crippen molar-refractivity contribution in [2.75, 3.05) is 6.54 Å². The Bertz CT molecular complexity index is 523. The molecule has 1 amide bonds. The number of rotatable bonds is 3. The highest BCUT2D eigenvalue weighted by atomic mass is 16.3. The molecule has 0 aromatic carbocycles. The van der Waals surface area contributed by atoms with Gasteiger partial charge < -0.3 is 15.1 Å². The van der Waals surface area contributed by atoms with Crippen LogP contribution in [0, 0.1) is 12.3 Å². The second kappa shape index (κ2) is 5.48. The molecule has 1 aliphatic rings. The molecule has 1 aromatic heterocycles. The highest BCUT2D eigenvalue weighted by Crippen LogP contribution is 2.41. The third kappa shape index (κ3) is 4.34. The maximum Gasteiger partial charge on any atom is 0.234 e. The Morgan fingerprint density at radius 2 is 2.10 bits per heavy atom. The van der Waals surface area contributed by atoms with Gasteiger partial charge >= 0.3 is 0 Å². The minimum atomic E-state index is -0.0550. The van der Waals surface area contributed by atoms with Gasteiger partial charge in [-0.25, -0.2) is 0 Å². The van der Waals surface area contributed by atoms with Gasteiger partial charge in [-0.1, -0.05) is 13.8 Å². The lowest BCUT2D eigenvalue weighted by Crippen LogP contribution is -2.45. The minimum absolute atomic E-state index is 0.0393. The van der Waals surface area contributed by atoms with Crippen LogP contribution < -0.4 is 10.6 Å². The molecule has 0 fully saturated rings. The summed E-state index contributed by atoms with van der Waals surface area (Å²) in [4.78, 5) is 12.2. The summed E-state index contributed by atoms with van der Waals surface area (Å²) < 4.78 is 5.80. The second-order valence-corrected chi connectivity index (χ2v) is 8.00. The molecule has 0 spiro atoms. The molecule has 0 bridgehead atoms. The average molecular weight is 292 g/mol. The van der Waals surface area contributed by atoms with E-state index in [9.17, 15) is 4.79 Å². The van der Waals surface area contributed by atoms with Crippen LogP contribution in [-0.4, -0.2) is 18.0 Å². The number of carbonyl (C=O) groups is 1. The van der Waals surface area contributed by atoms with Gasteiger partial charge in [0.25, 0.3) is 0 Å². The van der Waals surface area contributed by atoms with Crippen molar-refractivity contribution in [2.24, 2.45) is 5.41 Å². The number of furan rings is 1. The first-order chi connectivity index (χ1) is 9.56. The Morgan fingerprint density at radius 1 is 1.43 bits per heavy atom. The third-order valence-corrected chi connectivity index (χ3v) is 3.85. The summed E-state index contributed by atoms with van der Waals surface area (Å²) in [7, 11) is 0. The van der Waals surface area contributed by atoms with Crippen molar-refractivity contribution in [1.29, 1.82) is 0 Å². The van der Waals surface area contributed by atoms with Crippen LogP contribution in [-0.2, 0) is 11.2 Å². The molecular formula is C17H28N2O2. The molecule has 4 heteroatoms. The Kier molecular flexibility index (Phi) is 4.20. The highest BCUT2D eigenvalue weighted by molar-refractivity contribution is 5.78. The molecule has 2 rings (SSSR count). The Labute approximate surface area is 127 Å². The monoisotopic (exact) mass is 292 g/mol. The van der Waals surface area contributed by atoms with E-state index in [4.69, 9.17) is 4.42 Å². The van der Waals surface area contributed by atoms with E-state index < -0.39 is 0 Å². The normalized spacial score (nSPS) is 21.0. The number of nitrogens with one attached hydrogen (secondary N) is 2.